The van der Waals surface area contributed by atoms with E-state index in [4.69, 9.17) is 9.47 Å². The summed E-state index contributed by atoms with van der Waals surface area (Å²) >= 11 is 0. The highest BCUT2D eigenvalue weighted by Crippen LogP contribution is 2.32. The second-order valence-corrected chi connectivity index (χ2v) is 6.49. The van der Waals surface area contributed by atoms with Gasteiger partial charge in [0.25, 0.3) is 5.56 Å². The topological polar surface area (TPSA) is 76.2 Å². The number of rotatable bonds is 4. The third-order valence-corrected chi connectivity index (χ3v) is 4.63. The van der Waals surface area contributed by atoms with Crippen LogP contribution in [0.25, 0.3) is 10.9 Å². The quantitative estimate of drug-likeness (QED) is 0.756. The van der Waals surface area contributed by atoms with Gasteiger partial charge in [0, 0.05) is 6.04 Å². The molecule has 1 aliphatic heterocycles. The van der Waals surface area contributed by atoms with Crippen molar-refractivity contribution in [1.29, 1.82) is 0 Å². The molecule has 1 aromatic heterocycles. The molecule has 1 atom stereocenters. The lowest BCUT2D eigenvalue weighted by Gasteiger charge is -2.21. The van der Waals surface area contributed by atoms with Gasteiger partial charge in [-0.15, -0.1) is 0 Å². The SMILES string of the molecule is Cc1cccc2c(=O)[nH]c(CN[C@@H](C)c3ccc4c(c3)OCCO4)nc12. The van der Waals surface area contributed by atoms with E-state index in [0.29, 0.717) is 31.0 Å². The molecule has 4 rings (SSSR count). The molecule has 2 N–H and O–H groups in total. The zero-order chi connectivity index (χ0) is 18.1. The van der Waals surface area contributed by atoms with Crippen LogP contribution in [0.3, 0.4) is 0 Å². The molecule has 0 unspecified atom stereocenters. The molecule has 134 valence electrons. The van der Waals surface area contributed by atoms with Gasteiger partial charge in [-0.3, -0.25) is 4.79 Å². The number of fused-ring (bicyclic) bond motifs is 2. The van der Waals surface area contributed by atoms with Gasteiger partial charge in [0.2, 0.25) is 0 Å². The predicted octanol–water partition coefficient (Wildman–Crippen LogP) is 2.85. The van der Waals surface area contributed by atoms with Crippen LogP contribution < -0.4 is 20.3 Å². The number of ether oxygens (including phenoxy) is 2. The second kappa shape index (κ2) is 6.80. The van der Waals surface area contributed by atoms with Crippen LogP contribution >= 0.6 is 0 Å². The Morgan fingerprint density at radius 2 is 2.00 bits per heavy atom. The van der Waals surface area contributed by atoms with Crippen LogP contribution in [0, 0.1) is 6.92 Å². The molecule has 6 heteroatoms. The fraction of sp³-hybridized carbons (Fsp3) is 0.300. The van der Waals surface area contributed by atoms with Gasteiger partial charge in [0.05, 0.1) is 17.4 Å². The summed E-state index contributed by atoms with van der Waals surface area (Å²) in [4.78, 5) is 19.7. The van der Waals surface area contributed by atoms with Crippen molar-refractivity contribution in [1.82, 2.24) is 15.3 Å². The monoisotopic (exact) mass is 351 g/mol. The second-order valence-electron chi connectivity index (χ2n) is 6.49. The van der Waals surface area contributed by atoms with Crippen LogP contribution in [0.2, 0.25) is 0 Å². The van der Waals surface area contributed by atoms with Gasteiger partial charge < -0.3 is 19.8 Å². The van der Waals surface area contributed by atoms with Crippen molar-refractivity contribution in [3.8, 4) is 11.5 Å². The van der Waals surface area contributed by atoms with E-state index >= 15 is 0 Å². The number of nitrogens with zero attached hydrogens (tertiary/aromatic N) is 1. The smallest absolute Gasteiger partial charge is 0.258 e. The van der Waals surface area contributed by atoms with E-state index < -0.39 is 0 Å². The number of H-pyrrole nitrogens is 1. The third-order valence-electron chi connectivity index (χ3n) is 4.63. The van der Waals surface area contributed by atoms with Crippen LogP contribution in [-0.2, 0) is 6.54 Å². The minimum atomic E-state index is -0.109. The van der Waals surface area contributed by atoms with Crippen molar-refractivity contribution < 1.29 is 9.47 Å². The molecular weight excluding hydrogens is 330 g/mol. The van der Waals surface area contributed by atoms with E-state index in [0.717, 1.165) is 28.1 Å². The number of hydrogen-bond acceptors (Lipinski definition) is 5. The summed E-state index contributed by atoms with van der Waals surface area (Å²) in [5, 5.41) is 4.02. The normalized spacial score (nSPS) is 14.4. The van der Waals surface area contributed by atoms with Gasteiger partial charge >= 0.3 is 0 Å². The van der Waals surface area contributed by atoms with Gasteiger partial charge in [-0.1, -0.05) is 18.2 Å². The molecule has 0 saturated heterocycles. The summed E-state index contributed by atoms with van der Waals surface area (Å²) in [5.41, 5.74) is 2.73. The van der Waals surface area contributed by atoms with E-state index in [1.54, 1.807) is 6.07 Å². The molecule has 0 fully saturated rings. The molecule has 0 radical (unpaired) electrons. The Labute approximate surface area is 151 Å². The molecule has 6 nitrogen and oxygen atoms in total. The first-order chi connectivity index (χ1) is 12.6. The number of nitrogens with one attached hydrogen (secondary N) is 2. The molecule has 26 heavy (non-hydrogen) atoms. The number of para-hydroxylation sites is 1. The molecule has 0 amide bonds. The Morgan fingerprint density at radius 1 is 1.19 bits per heavy atom. The standard InChI is InChI=1S/C20H21N3O3/c1-12-4-3-5-15-19(12)22-18(23-20(15)24)11-21-13(2)14-6-7-16-17(10-14)26-9-8-25-16/h3-7,10,13,21H,8-9,11H2,1-2H3,(H,22,23,24)/t13-/m0/s1. The van der Waals surface area contributed by atoms with Crippen molar-refractivity contribution in [2.24, 2.45) is 0 Å². The minimum Gasteiger partial charge on any atom is -0.486 e. The van der Waals surface area contributed by atoms with E-state index in [1.807, 2.05) is 37.3 Å². The van der Waals surface area contributed by atoms with Crippen molar-refractivity contribution in [3.05, 3.63) is 63.7 Å². The van der Waals surface area contributed by atoms with Gasteiger partial charge in [0.15, 0.2) is 11.5 Å². The number of aryl methyl sites for hydroxylation is 1. The first-order valence-corrected chi connectivity index (χ1v) is 8.73. The maximum absolute atomic E-state index is 12.3. The average molecular weight is 351 g/mol. The van der Waals surface area contributed by atoms with Crippen LogP contribution in [0.5, 0.6) is 11.5 Å². The van der Waals surface area contributed by atoms with E-state index in [9.17, 15) is 4.79 Å². The summed E-state index contributed by atoms with van der Waals surface area (Å²) in [6.45, 7) is 5.65. The summed E-state index contributed by atoms with van der Waals surface area (Å²) in [6.07, 6.45) is 0. The van der Waals surface area contributed by atoms with Gasteiger partial charge in [-0.05, 0) is 43.2 Å². The number of benzene rings is 2. The maximum Gasteiger partial charge on any atom is 0.258 e. The summed E-state index contributed by atoms with van der Waals surface area (Å²) in [6, 6.07) is 11.6. The largest absolute Gasteiger partial charge is 0.486 e. The third kappa shape index (κ3) is 3.15. The van der Waals surface area contributed by atoms with Crippen LogP contribution in [-0.4, -0.2) is 23.2 Å². The van der Waals surface area contributed by atoms with Crippen LogP contribution in [0.1, 0.15) is 29.9 Å². The average Bonchev–Trinajstić information content (AvgIpc) is 2.66. The Bertz CT molecular complexity index is 1010. The molecular formula is C20H21N3O3. The fourth-order valence-corrected chi connectivity index (χ4v) is 3.13. The molecule has 0 spiro atoms. The lowest BCUT2D eigenvalue weighted by atomic mass is 10.1. The van der Waals surface area contributed by atoms with Crippen LogP contribution in [0.4, 0.5) is 0 Å². The molecule has 2 aromatic carbocycles. The summed E-state index contributed by atoms with van der Waals surface area (Å²) in [5.74, 6) is 2.18. The number of aromatic amines is 1. The summed E-state index contributed by atoms with van der Waals surface area (Å²) in [7, 11) is 0. The Morgan fingerprint density at radius 3 is 2.85 bits per heavy atom. The molecule has 1 aliphatic rings. The maximum atomic E-state index is 12.3. The Hall–Kier alpha value is -2.86. The number of hydrogen-bond donors (Lipinski definition) is 2. The van der Waals surface area contributed by atoms with Crippen LogP contribution in [0.15, 0.2) is 41.2 Å². The van der Waals surface area contributed by atoms with E-state index in [1.165, 1.54) is 0 Å². The Balaban J connectivity index is 1.53. The van der Waals surface area contributed by atoms with Crippen molar-refractivity contribution in [3.63, 3.8) is 0 Å². The minimum absolute atomic E-state index is 0.0729. The first kappa shape index (κ1) is 16.6. The highest BCUT2D eigenvalue weighted by molar-refractivity contribution is 5.80. The zero-order valence-corrected chi connectivity index (χ0v) is 14.8. The van der Waals surface area contributed by atoms with Crippen molar-refractivity contribution in [2.45, 2.75) is 26.4 Å². The predicted molar refractivity (Wildman–Crippen MR) is 99.8 cm³/mol. The van der Waals surface area contributed by atoms with E-state index in [-0.39, 0.29) is 11.6 Å². The molecule has 3 aromatic rings. The highest BCUT2D eigenvalue weighted by Gasteiger charge is 2.15. The lowest BCUT2D eigenvalue weighted by Crippen LogP contribution is -2.23. The molecule has 0 aliphatic carbocycles. The fourth-order valence-electron chi connectivity index (χ4n) is 3.13. The number of aromatic nitrogens is 2. The molecule has 2 heterocycles. The van der Waals surface area contributed by atoms with E-state index in [2.05, 4.69) is 22.2 Å². The molecule has 0 bridgehead atoms. The molecule has 0 saturated carbocycles. The van der Waals surface area contributed by atoms with Crippen molar-refractivity contribution in [2.75, 3.05) is 13.2 Å². The Kier molecular flexibility index (Phi) is 4.34. The van der Waals surface area contributed by atoms with Crippen molar-refractivity contribution >= 4 is 10.9 Å². The zero-order valence-electron chi connectivity index (χ0n) is 14.8. The lowest BCUT2D eigenvalue weighted by molar-refractivity contribution is 0.171. The highest BCUT2D eigenvalue weighted by atomic mass is 16.6. The van der Waals surface area contributed by atoms with Gasteiger partial charge in [-0.2, -0.15) is 0 Å². The van der Waals surface area contributed by atoms with Gasteiger partial charge in [0.1, 0.15) is 19.0 Å². The summed E-state index contributed by atoms with van der Waals surface area (Å²) < 4.78 is 11.2. The first-order valence-electron chi connectivity index (χ1n) is 8.73. The van der Waals surface area contributed by atoms with Gasteiger partial charge in [-0.25, -0.2) is 4.98 Å².